The number of hydrazone groups is 1. The van der Waals surface area contributed by atoms with Crippen LogP contribution in [0.5, 0.6) is 0 Å². The van der Waals surface area contributed by atoms with E-state index in [4.69, 9.17) is 9.47 Å². The van der Waals surface area contributed by atoms with Gasteiger partial charge in [0.15, 0.2) is 0 Å². The van der Waals surface area contributed by atoms with Gasteiger partial charge in [0, 0.05) is 6.92 Å². The van der Waals surface area contributed by atoms with Crippen molar-refractivity contribution in [3.8, 4) is 0 Å². The second-order valence-corrected chi connectivity index (χ2v) is 6.03. The molecule has 2 atom stereocenters. The minimum Gasteiger partial charge on any atom is -0.465 e. The van der Waals surface area contributed by atoms with Crippen molar-refractivity contribution < 1.29 is 24.2 Å². The smallest absolute Gasteiger partial charge is 0.340 e. The van der Waals surface area contributed by atoms with E-state index in [0.717, 1.165) is 5.56 Å². The van der Waals surface area contributed by atoms with Crippen molar-refractivity contribution >= 4 is 23.5 Å². The Morgan fingerprint density at radius 3 is 2.41 bits per heavy atom. The quantitative estimate of drug-likeness (QED) is 0.835. The molecule has 0 fully saturated rings. The summed E-state index contributed by atoms with van der Waals surface area (Å²) in [4.78, 5) is 23.7. The normalized spacial score (nSPS) is 18.8. The second kappa shape index (κ2) is 8.01. The molecular weight excluding hydrogens is 348 g/mol. The van der Waals surface area contributed by atoms with Crippen LogP contribution in [0.3, 0.4) is 0 Å². The van der Waals surface area contributed by atoms with Gasteiger partial charge in [-0.1, -0.05) is 42.5 Å². The number of carbonyl (C=O) groups is 2. The molecule has 0 spiro atoms. The molecule has 3 rings (SSSR count). The molecule has 7 nitrogen and oxygen atoms in total. The highest BCUT2D eigenvalue weighted by molar-refractivity contribution is 5.98. The molecule has 0 radical (unpaired) electrons. The lowest BCUT2D eigenvalue weighted by Crippen LogP contribution is -2.30. The third kappa shape index (κ3) is 3.68. The first-order valence-corrected chi connectivity index (χ1v) is 8.46. The minimum atomic E-state index is -0.568. The van der Waals surface area contributed by atoms with Gasteiger partial charge in [0.05, 0.1) is 36.9 Å². The van der Waals surface area contributed by atoms with Crippen molar-refractivity contribution in [3.05, 3.63) is 65.7 Å². The average Bonchev–Trinajstić information content (AvgIpc) is 3.05. The summed E-state index contributed by atoms with van der Waals surface area (Å²) in [5.41, 5.74) is 1.69. The Bertz CT molecular complexity index is 866. The highest BCUT2D eigenvalue weighted by atomic mass is 16.5. The van der Waals surface area contributed by atoms with Crippen LogP contribution in [0, 0.1) is 5.92 Å². The zero-order valence-electron chi connectivity index (χ0n) is 15.0. The average molecular weight is 368 g/mol. The van der Waals surface area contributed by atoms with Crippen molar-refractivity contribution in [2.24, 2.45) is 11.0 Å². The molecule has 0 saturated carbocycles. The number of benzene rings is 2. The van der Waals surface area contributed by atoms with E-state index >= 15 is 0 Å². The van der Waals surface area contributed by atoms with E-state index in [9.17, 15) is 14.7 Å². The van der Waals surface area contributed by atoms with Crippen LogP contribution in [-0.2, 0) is 14.3 Å². The molecule has 1 aliphatic rings. The Balaban J connectivity index is 2.14. The van der Waals surface area contributed by atoms with E-state index in [1.807, 2.05) is 30.3 Å². The molecule has 0 saturated heterocycles. The number of hydrogen-bond donors (Lipinski definition) is 1. The van der Waals surface area contributed by atoms with Crippen LogP contribution >= 0.6 is 0 Å². The van der Waals surface area contributed by atoms with Gasteiger partial charge in [-0.3, -0.25) is 9.80 Å². The second-order valence-electron chi connectivity index (χ2n) is 6.03. The van der Waals surface area contributed by atoms with Crippen molar-refractivity contribution in [2.45, 2.75) is 13.0 Å². The lowest BCUT2D eigenvalue weighted by molar-refractivity contribution is -0.133. The summed E-state index contributed by atoms with van der Waals surface area (Å²) in [6.45, 7) is 1.00. The first-order valence-electron chi connectivity index (χ1n) is 8.46. The fourth-order valence-corrected chi connectivity index (χ4v) is 3.15. The topological polar surface area (TPSA) is 88.4 Å². The molecule has 2 unspecified atom stereocenters. The summed E-state index contributed by atoms with van der Waals surface area (Å²) in [6.07, 6.45) is 0. The maximum Gasteiger partial charge on any atom is 0.340 e. The molecule has 1 aliphatic heterocycles. The number of para-hydroxylation sites is 1. The van der Waals surface area contributed by atoms with E-state index in [1.165, 1.54) is 14.0 Å². The van der Waals surface area contributed by atoms with Crippen LogP contribution in [0.15, 0.2) is 59.7 Å². The van der Waals surface area contributed by atoms with Crippen LogP contribution in [0.1, 0.15) is 28.9 Å². The predicted molar refractivity (Wildman–Crippen MR) is 99.2 cm³/mol. The Morgan fingerprint density at radius 1 is 1.11 bits per heavy atom. The summed E-state index contributed by atoms with van der Waals surface area (Å²) in [5, 5.41) is 16.0. The van der Waals surface area contributed by atoms with Crippen molar-refractivity contribution in [1.82, 2.24) is 0 Å². The molecular formula is C20H20N2O5. The third-order valence-corrected chi connectivity index (χ3v) is 4.31. The molecule has 0 aliphatic carbocycles. The van der Waals surface area contributed by atoms with Crippen LogP contribution < -0.4 is 5.01 Å². The summed E-state index contributed by atoms with van der Waals surface area (Å²) in [6, 6.07) is 15.8. The lowest BCUT2D eigenvalue weighted by atomic mass is 9.93. The first-order chi connectivity index (χ1) is 13.1. The zero-order valence-corrected chi connectivity index (χ0v) is 15.0. The number of esters is 2. The number of aliphatic hydroxyl groups excluding tert-OH is 1. The summed E-state index contributed by atoms with van der Waals surface area (Å²) in [7, 11) is 1.31. The summed E-state index contributed by atoms with van der Waals surface area (Å²) >= 11 is 0. The fourth-order valence-electron chi connectivity index (χ4n) is 3.15. The first kappa shape index (κ1) is 18.6. The van der Waals surface area contributed by atoms with Gasteiger partial charge in [-0.25, -0.2) is 4.79 Å². The maximum atomic E-state index is 12.2. The molecule has 2 aromatic carbocycles. The van der Waals surface area contributed by atoms with Crippen molar-refractivity contribution in [2.75, 3.05) is 18.7 Å². The van der Waals surface area contributed by atoms with Gasteiger partial charge in [0.25, 0.3) is 0 Å². The summed E-state index contributed by atoms with van der Waals surface area (Å²) in [5.74, 6) is -1.49. The van der Waals surface area contributed by atoms with Gasteiger partial charge in [0.2, 0.25) is 5.90 Å². The van der Waals surface area contributed by atoms with E-state index in [-0.39, 0.29) is 12.5 Å². The van der Waals surface area contributed by atoms with Gasteiger partial charge in [-0.15, -0.1) is 5.10 Å². The number of carbonyl (C=O) groups excluding carboxylic acids is 2. The molecule has 140 valence electrons. The van der Waals surface area contributed by atoms with E-state index in [0.29, 0.717) is 11.3 Å². The molecule has 0 bridgehead atoms. The Labute approximate surface area is 156 Å². The van der Waals surface area contributed by atoms with Crippen molar-refractivity contribution in [3.63, 3.8) is 0 Å². The van der Waals surface area contributed by atoms with Crippen LogP contribution in [0.25, 0.3) is 0 Å². The molecule has 0 aromatic heterocycles. The van der Waals surface area contributed by atoms with Crippen molar-refractivity contribution in [1.29, 1.82) is 0 Å². The number of methoxy groups -OCH3 is 1. The van der Waals surface area contributed by atoms with E-state index in [2.05, 4.69) is 5.10 Å². The van der Waals surface area contributed by atoms with Crippen LogP contribution in [0.4, 0.5) is 5.69 Å². The highest BCUT2D eigenvalue weighted by Gasteiger charge is 2.41. The van der Waals surface area contributed by atoms with E-state index < -0.39 is 23.9 Å². The zero-order chi connectivity index (χ0) is 19.4. The predicted octanol–water partition coefficient (Wildman–Crippen LogP) is 2.52. The number of nitrogens with zero attached hydrogens (tertiary/aromatic N) is 2. The standard InChI is InChI=1S/C20H20N2O5/c1-13(24)27-19-16(12-23)18(14-8-4-3-5-9-14)22(21-19)17-11-7-6-10-15(17)20(25)26-2/h3-11,16,18,23H,12H2,1-2H3. The summed E-state index contributed by atoms with van der Waals surface area (Å²) < 4.78 is 10.1. The molecule has 1 N–H and O–H groups in total. The van der Waals surface area contributed by atoms with Gasteiger partial charge in [0.1, 0.15) is 0 Å². The molecule has 0 amide bonds. The molecule has 1 heterocycles. The maximum absolute atomic E-state index is 12.2. The SMILES string of the molecule is COC(=O)c1ccccc1N1N=C(OC(C)=O)C(CO)C1c1ccccc1. The van der Waals surface area contributed by atoms with Gasteiger partial charge < -0.3 is 14.6 Å². The monoisotopic (exact) mass is 368 g/mol. The van der Waals surface area contributed by atoms with Gasteiger partial charge >= 0.3 is 11.9 Å². The Kier molecular flexibility index (Phi) is 5.52. The largest absolute Gasteiger partial charge is 0.465 e. The highest BCUT2D eigenvalue weighted by Crippen LogP contribution is 2.40. The third-order valence-electron chi connectivity index (χ3n) is 4.31. The number of anilines is 1. The number of ether oxygens (including phenoxy) is 2. The number of hydrogen-bond acceptors (Lipinski definition) is 7. The lowest BCUT2D eigenvalue weighted by Gasteiger charge is -2.28. The Hall–Kier alpha value is -3.19. The molecule has 27 heavy (non-hydrogen) atoms. The molecule has 7 heteroatoms. The fraction of sp³-hybridized carbons (Fsp3) is 0.250. The van der Waals surface area contributed by atoms with Gasteiger partial charge in [-0.2, -0.15) is 0 Å². The Morgan fingerprint density at radius 2 is 1.78 bits per heavy atom. The number of rotatable bonds is 4. The van der Waals surface area contributed by atoms with Gasteiger partial charge in [-0.05, 0) is 17.7 Å². The van der Waals surface area contributed by atoms with Crippen LogP contribution in [0.2, 0.25) is 0 Å². The van der Waals surface area contributed by atoms with Crippen LogP contribution in [-0.4, -0.2) is 36.7 Å². The molecule has 2 aromatic rings. The minimum absolute atomic E-state index is 0.110. The number of aliphatic hydroxyl groups is 1. The van der Waals surface area contributed by atoms with E-state index in [1.54, 1.807) is 29.3 Å².